The van der Waals surface area contributed by atoms with Gasteiger partial charge in [0.1, 0.15) is 11.6 Å². The van der Waals surface area contributed by atoms with Crippen LogP contribution in [0.15, 0.2) is 24.4 Å². The number of aryl methyl sites for hydroxylation is 2. The minimum Gasteiger partial charge on any atom is -0.497 e. The van der Waals surface area contributed by atoms with E-state index >= 15 is 0 Å². The van der Waals surface area contributed by atoms with Crippen LogP contribution >= 0.6 is 11.6 Å². The molecule has 21 heavy (non-hydrogen) atoms. The highest BCUT2D eigenvalue weighted by atomic mass is 35.5. The van der Waals surface area contributed by atoms with Crippen LogP contribution < -0.4 is 4.74 Å². The zero-order chi connectivity index (χ0) is 15.0. The van der Waals surface area contributed by atoms with Crippen molar-refractivity contribution in [2.75, 3.05) is 7.11 Å². The number of imidazole rings is 1. The van der Waals surface area contributed by atoms with Gasteiger partial charge in [-0.1, -0.05) is 0 Å². The molecule has 0 bridgehead atoms. The van der Waals surface area contributed by atoms with Gasteiger partial charge in [0.2, 0.25) is 0 Å². The first-order valence-electron chi connectivity index (χ1n) is 6.70. The lowest BCUT2D eigenvalue weighted by molar-refractivity contribution is 0.415. The van der Waals surface area contributed by atoms with Crippen LogP contribution in [-0.2, 0) is 19.5 Å². The quantitative estimate of drug-likeness (QED) is 0.696. The predicted octanol–water partition coefficient (Wildman–Crippen LogP) is 2.87. The Labute approximate surface area is 128 Å². The summed E-state index contributed by atoms with van der Waals surface area (Å²) in [5, 5.41) is 4.38. The van der Waals surface area contributed by atoms with E-state index in [1.165, 1.54) is 5.56 Å². The number of hydrogen-bond acceptors (Lipinski definition) is 3. The Morgan fingerprint density at radius 1 is 1.33 bits per heavy atom. The highest BCUT2D eigenvalue weighted by Crippen LogP contribution is 2.24. The molecule has 6 heteroatoms. The molecule has 0 aliphatic rings. The summed E-state index contributed by atoms with van der Waals surface area (Å²) in [5.41, 5.74) is 4.13. The Hall–Kier alpha value is -2.01. The number of alkyl halides is 1. The maximum absolute atomic E-state index is 6.05. The lowest BCUT2D eigenvalue weighted by atomic mass is 10.2. The lowest BCUT2D eigenvalue weighted by Gasteiger charge is -2.07. The summed E-state index contributed by atoms with van der Waals surface area (Å²) in [4.78, 5) is 4.60. The van der Waals surface area contributed by atoms with Crippen molar-refractivity contribution in [3.63, 3.8) is 0 Å². The van der Waals surface area contributed by atoms with Crippen LogP contribution in [0, 0.1) is 6.92 Å². The monoisotopic (exact) mass is 304 g/mol. The Morgan fingerprint density at radius 3 is 2.76 bits per heavy atom. The average Bonchev–Trinajstić information content (AvgIpc) is 2.98. The fraction of sp³-hybridized carbons (Fsp3) is 0.333. The molecule has 3 aromatic rings. The van der Waals surface area contributed by atoms with Gasteiger partial charge in [0, 0.05) is 24.9 Å². The highest BCUT2D eigenvalue weighted by molar-refractivity contribution is 6.16. The van der Waals surface area contributed by atoms with Crippen LogP contribution in [0.25, 0.3) is 11.0 Å². The molecule has 0 unspecified atom stereocenters. The van der Waals surface area contributed by atoms with Crippen molar-refractivity contribution in [2.45, 2.75) is 19.3 Å². The van der Waals surface area contributed by atoms with Crippen molar-refractivity contribution in [1.82, 2.24) is 19.3 Å². The number of aromatic nitrogens is 4. The van der Waals surface area contributed by atoms with Crippen LogP contribution in [-0.4, -0.2) is 26.4 Å². The van der Waals surface area contributed by atoms with E-state index in [-0.39, 0.29) is 0 Å². The van der Waals surface area contributed by atoms with Crippen LogP contribution in [0.1, 0.15) is 17.1 Å². The van der Waals surface area contributed by atoms with E-state index in [0.717, 1.165) is 28.3 Å². The second-order valence-electron chi connectivity index (χ2n) is 5.02. The predicted molar refractivity (Wildman–Crippen MR) is 82.9 cm³/mol. The van der Waals surface area contributed by atoms with Gasteiger partial charge in [0.15, 0.2) is 0 Å². The van der Waals surface area contributed by atoms with Crippen LogP contribution in [0.2, 0.25) is 0 Å². The Bertz CT molecular complexity index is 790. The third-order valence-corrected chi connectivity index (χ3v) is 3.84. The van der Waals surface area contributed by atoms with E-state index in [2.05, 4.69) is 14.6 Å². The molecule has 0 aliphatic heterocycles. The zero-order valence-electron chi connectivity index (χ0n) is 12.3. The smallest absolute Gasteiger partial charge is 0.125 e. The fourth-order valence-electron chi connectivity index (χ4n) is 2.54. The van der Waals surface area contributed by atoms with Crippen molar-refractivity contribution in [3.8, 4) is 5.75 Å². The SMILES string of the molecule is COc1ccc2c(c1)nc(CCl)n2Cc1cn(C)nc1C. The van der Waals surface area contributed by atoms with Gasteiger partial charge in [-0.25, -0.2) is 4.98 Å². The first-order valence-corrected chi connectivity index (χ1v) is 7.24. The average molecular weight is 305 g/mol. The van der Waals surface area contributed by atoms with Crippen LogP contribution in [0.3, 0.4) is 0 Å². The lowest BCUT2D eigenvalue weighted by Crippen LogP contribution is -2.04. The molecule has 0 N–H and O–H groups in total. The number of benzene rings is 1. The summed E-state index contributed by atoms with van der Waals surface area (Å²) in [5.74, 6) is 2.02. The van der Waals surface area contributed by atoms with Gasteiger partial charge in [0.25, 0.3) is 0 Å². The third-order valence-electron chi connectivity index (χ3n) is 3.60. The number of fused-ring (bicyclic) bond motifs is 1. The molecule has 0 aliphatic carbocycles. The summed E-state index contributed by atoms with van der Waals surface area (Å²) in [6.07, 6.45) is 2.03. The topological polar surface area (TPSA) is 44.9 Å². The first kappa shape index (κ1) is 13.9. The Balaban J connectivity index is 2.10. The molecule has 2 aromatic heterocycles. The van der Waals surface area contributed by atoms with Gasteiger partial charge < -0.3 is 9.30 Å². The van der Waals surface area contributed by atoms with E-state index < -0.39 is 0 Å². The second-order valence-corrected chi connectivity index (χ2v) is 5.28. The number of rotatable bonds is 4. The molecule has 0 radical (unpaired) electrons. The minimum absolute atomic E-state index is 0.371. The van der Waals surface area contributed by atoms with E-state index in [9.17, 15) is 0 Å². The summed E-state index contributed by atoms with van der Waals surface area (Å²) in [7, 11) is 3.58. The standard InChI is InChI=1S/C15H17ClN4O/c1-10-11(8-19(2)18-10)9-20-14-5-4-12(21-3)6-13(14)17-15(20)7-16/h4-6,8H,7,9H2,1-3H3. The van der Waals surface area contributed by atoms with Crippen LogP contribution in [0.5, 0.6) is 5.75 Å². The van der Waals surface area contributed by atoms with Crippen LogP contribution in [0.4, 0.5) is 0 Å². The van der Waals surface area contributed by atoms with E-state index in [4.69, 9.17) is 16.3 Å². The third kappa shape index (κ3) is 2.49. The van der Waals surface area contributed by atoms with Crippen molar-refractivity contribution in [2.24, 2.45) is 7.05 Å². The number of nitrogens with zero attached hydrogens (tertiary/aromatic N) is 4. The maximum atomic E-state index is 6.05. The molecule has 0 fully saturated rings. The van der Waals surface area contributed by atoms with Crippen molar-refractivity contribution in [3.05, 3.63) is 41.5 Å². The molecule has 0 saturated heterocycles. The normalized spacial score (nSPS) is 11.2. The summed E-state index contributed by atoms with van der Waals surface area (Å²) in [6, 6.07) is 5.88. The molecule has 0 spiro atoms. The Morgan fingerprint density at radius 2 is 2.14 bits per heavy atom. The first-order chi connectivity index (χ1) is 10.1. The van der Waals surface area contributed by atoms with Crippen molar-refractivity contribution < 1.29 is 4.74 Å². The highest BCUT2D eigenvalue weighted by Gasteiger charge is 2.13. The number of methoxy groups -OCH3 is 1. The van der Waals surface area contributed by atoms with E-state index in [1.807, 2.05) is 43.0 Å². The molecule has 110 valence electrons. The molecular formula is C15H17ClN4O. The largest absolute Gasteiger partial charge is 0.497 e. The maximum Gasteiger partial charge on any atom is 0.125 e. The summed E-state index contributed by atoms with van der Waals surface area (Å²) in [6.45, 7) is 2.72. The van der Waals surface area contributed by atoms with Crippen molar-refractivity contribution in [1.29, 1.82) is 0 Å². The number of hydrogen-bond donors (Lipinski definition) is 0. The molecular weight excluding hydrogens is 288 g/mol. The van der Waals surface area contributed by atoms with Gasteiger partial charge in [-0.2, -0.15) is 5.10 Å². The van der Waals surface area contributed by atoms with Gasteiger partial charge in [-0.3, -0.25) is 4.68 Å². The molecule has 2 heterocycles. The van der Waals surface area contributed by atoms with Gasteiger partial charge in [-0.05, 0) is 19.1 Å². The molecule has 5 nitrogen and oxygen atoms in total. The van der Waals surface area contributed by atoms with E-state index in [1.54, 1.807) is 7.11 Å². The van der Waals surface area contributed by atoms with Gasteiger partial charge in [-0.15, -0.1) is 11.6 Å². The molecule has 3 rings (SSSR count). The van der Waals surface area contributed by atoms with Gasteiger partial charge in [0.05, 0.1) is 36.3 Å². The zero-order valence-corrected chi connectivity index (χ0v) is 13.1. The molecule has 1 aromatic carbocycles. The fourth-order valence-corrected chi connectivity index (χ4v) is 2.74. The number of halogens is 1. The van der Waals surface area contributed by atoms with E-state index in [0.29, 0.717) is 12.4 Å². The second kappa shape index (κ2) is 5.41. The summed E-state index contributed by atoms with van der Waals surface area (Å²) >= 11 is 6.05. The molecule has 0 saturated carbocycles. The summed E-state index contributed by atoms with van der Waals surface area (Å²) < 4.78 is 9.21. The molecule has 0 amide bonds. The van der Waals surface area contributed by atoms with Gasteiger partial charge >= 0.3 is 0 Å². The van der Waals surface area contributed by atoms with Crippen molar-refractivity contribution >= 4 is 22.6 Å². The number of ether oxygens (including phenoxy) is 1. The Kier molecular flexibility index (Phi) is 3.59. The molecule has 0 atom stereocenters. The minimum atomic E-state index is 0.371.